The summed E-state index contributed by atoms with van der Waals surface area (Å²) in [4.78, 5) is 13.2. The zero-order chi connectivity index (χ0) is 22.6. The van der Waals surface area contributed by atoms with Crippen LogP contribution in [0.4, 0.5) is 4.79 Å². The van der Waals surface area contributed by atoms with Gasteiger partial charge in [0.15, 0.2) is 0 Å². The van der Waals surface area contributed by atoms with Gasteiger partial charge in [-0.2, -0.15) is 0 Å². The second kappa shape index (κ2) is 10.3. The fourth-order valence-electron chi connectivity index (χ4n) is 3.44. The van der Waals surface area contributed by atoms with Gasteiger partial charge in [0.1, 0.15) is 5.75 Å². The highest BCUT2D eigenvalue weighted by Gasteiger charge is 2.31. The molecule has 31 heavy (non-hydrogen) atoms. The van der Waals surface area contributed by atoms with Crippen LogP contribution in [0.3, 0.4) is 0 Å². The second-order valence-electron chi connectivity index (χ2n) is 7.25. The molecule has 8 nitrogen and oxygen atoms in total. The van der Waals surface area contributed by atoms with Crippen LogP contribution in [0.5, 0.6) is 5.75 Å². The molecular formula is C20H23Br2N3O5S. The third-order valence-electron chi connectivity index (χ3n) is 4.97. The van der Waals surface area contributed by atoms with Crippen LogP contribution in [0.2, 0.25) is 0 Å². The quantitative estimate of drug-likeness (QED) is 0.444. The van der Waals surface area contributed by atoms with Crippen molar-refractivity contribution in [3.05, 3.63) is 57.0 Å². The van der Waals surface area contributed by atoms with Gasteiger partial charge in [-0.3, -0.25) is 0 Å². The van der Waals surface area contributed by atoms with Gasteiger partial charge >= 0.3 is 6.09 Å². The van der Waals surface area contributed by atoms with Gasteiger partial charge in [0.25, 0.3) is 0 Å². The normalized spacial score (nSPS) is 18.7. The third kappa shape index (κ3) is 6.42. The summed E-state index contributed by atoms with van der Waals surface area (Å²) in [6, 6.07) is 11.7. The average molecular weight is 577 g/mol. The topological polar surface area (TPSA) is 108 Å². The maximum atomic E-state index is 12.8. The first-order valence-corrected chi connectivity index (χ1v) is 12.6. The van der Waals surface area contributed by atoms with Crippen molar-refractivity contribution < 1.29 is 23.1 Å². The van der Waals surface area contributed by atoms with Crippen molar-refractivity contribution >= 4 is 48.0 Å². The number of hydrogen-bond acceptors (Lipinski definition) is 5. The van der Waals surface area contributed by atoms with Gasteiger partial charge in [0, 0.05) is 40.7 Å². The number of nitrogens with zero attached hydrogens (tertiary/aromatic N) is 1. The number of rotatable bonds is 8. The summed E-state index contributed by atoms with van der Waals surface area (Å²) in [5.41, 5.74) is 0.845. The van der Waals surface area contributed by atoms with Crippen molar-refractivity contribution in [3.8, 4) is 5.75 Å². The van der Waals surface area contributed by atoms with E-state index in [-0.39, 0.29) is 30.1 Å². The van der Waals surface area contributed by atoms with Gasteiger partial charge in [0.2, 0.25) is 10.0 Å². The molecule has 168 valence electrons. The van der Waals surface area contributed by atoms with E-state index in [1.54, 1.807) is 31.4 Å². The first-order chi connectivity index (χ1) is 14.7. The van der Waals surface area contributed by atoms with Crippen molar-refractivity contribution in [2.75, 3.05) is 20.2 Å². The zero-order valence-electron chi connectivity index (χ0n) is 16.7. The number of methoxy groups -OCH3 is 1. The molecule has 1 aliphatic rings. The van der Waals surface area contributed by atoms with Crippen LogP contribution < -0.4 is 14.8 Å². The van der Waals surface area contributed by atoms with E-state index in [1.165, 1.54) is 11.0 Å². The van der Waals surface area contributed by atoms with E-state index in [9.17, 15) is 18.3 Å². The first-order valence-electron chi connectivity index (χ1n) is 9.49. The molecule has 3 rings (SSSR count). The Morgan fingerprint density at radius 3 is 2.61 bits per heavy atom. The van der Waals surface area contributed by atoms with Gasteiger partial charge in [0.05, 0.1) is 12.0 Å². The molecular weight excluding hydrogens is 554 g/mol. The van der Waals surface area contributed by atoms with Crippen molar-refractivity contribution in [1.29, 1.82) is 0 Å². The molecule has 0 spiro atoms. The van der Waals surface area contributed by atoms with E-state index in [4.69, 9.17) is 4.74 Å². The van der Waals surface area contributed by atoms with Gasteiger partial charge < -0.3 is 20.1 Å². The number of ether oxygens (including phenoxy) is 1. The molecule has 2 atom stereocenters. The Bertz CT molecular complexity index is 1030. The SMILES string of the molecule is COc1ccc(CN(C[C@H]2C[C@@H](NS(=O)(=O)c3cc(Br)ccc3Br)CN2)C(=O)O)cc1. The van der Waals surface area contributed by atoms with Gasteiger partial charge in [-0.15, -0.1) is 0 Å². The van der Waals surface area contributed by atoms with Crippen LogP contribution in [0.25, 0.3) is 0 Å². The lowest BCUT2D eigenvalue weighted by Crippen LogP contribution is -2.40. The number of hydrogen-bond donors (Lipinski definition) is 3. The zero-order valence-corrected chi connectivity index (χ0v) is 20.7. The molecule has 1 aliphatic heterocycles. The molecule has 11 heteroatoms. The van der Waals surface area contributed by atoms with Crippen LogP contribution >= 0.6 is 31.9 Å². The Morgan fingerprint density at radius 2 is 1.97 bits per heavy atom. The van der Waals surface area contributed by atoms with Crippen LogP contribution in [0.1, 0.15) is 12.0 Å². The Labute approximate surface area is 198 Å². The summed E-state index contributed by atoms with van der Waals surface area (Å²) in [7, 11) is -2.16. The molecule has 0 unspecified atom stereocenters. The minimum atomic E-state index is -3.73. The first kappa shape index (κ1) is 24.0. The van der Waals surface area contributed by atoms with Crippen molar-refractivity contribution in [2.24, 2.45) is 0 Å². The standard InChI is InChI=1S/C20H23Br2N3O5S/c1-30-17-5-2-13(3-6-17)11-25(20(26)27)12-16-9-15(10-23-16)24-31(28,29)19-8-14(21)4-7-18(19)22/h2-8,15-16,23-24H,9-12H2,1H3,(H,26,27)/t15-,16-/m1/s1. The molecule has 2 aromatic carbocycles. The molecule has 2 aromatic rings. The smallest absolute Gasteiger partial charge is 0.407 e. The van der Waals surface area contributed by atoms with Gasteiger partial charge in [-0.05, 0) is 58.2 Å². The molecule has 0 radical (unpaired) electrons. The summed E-state index contributed by atoms with van der Waals surface area (Å²) in [6.45, 7) is 0.907. The number of sulfonamides is 1. The summed E-state index contributed by atoms with van der Waals surface area (Å²) in [5.74, 6) is 0.704. The number of nitrogens with one attached hydrogen (secondary N) is 2. The van der Waals surface area contributed by atoms with Crippen LogP contribution in [-0.2, 0) is 16.6 Å². The monoisotopic (exact) mass is 575 g/mol. The molecule has 3 N–H and O–H groups in total. The molecule has 0 aromatic heterocycles. The number of benzene rings is 2. The van der Waals surface area contributed by atoms with Crippen LogP contribution in [0, 0.1) is 0 Å². The molecule has 0 bridgehead atoms. The summed E-state index contributed by atoms with van der Waals surface area (Å²) in [6.07, 6.45) is -0.545. The Balaban J connectivity index is 1.61. The van der Waals surface area contributed by atoms with Crippen molar-refractivity contribution in [2.45, 2.75) is 29.9 Å². The predicted molar refractivity (Wildman–Crippen MR) is 124 cm³/mol. The summed E-state index contributed by atoms with van der Waals surface area (Å²) < 4.78 is 34.5. The fraction of sp³-hybridized carbons (Fsp3) is 0.350. The minimum absolute atomic E-state index is 0.150. The van der Waals surface area contributed by atoms with Gasteiger partial charge in [-0.1, -0.05) is 28.1 Å². The fourth-order valence-corrected chi connectivity index (χ4v) is 6.19. The Morgan fingerprint density at radius 1 is 1.26 bits per heavy atom. The van der Waals surface area contributed by atoms with E-state index < -0.39 is 16.1 Å². The number of carboxylic acid groups (broad SMARTS) is 1. The summed E-state index contributed by atoms with van der Waals surface area (Å²) >= 11 is 6.57. The van der Waals surface area contributed by atoms with E-state index in [0.717, 1.165) is 5.56 Å². The number of halogens is 2. The van der Waals surface area contributed by atoms with Crippen molar-refractivity contribution in [1.82, 2.24) is 14.9 Å². The maximum Gasteiger partial charge on any atom is 0.407 e. The highest BCUT2D eigenvalue weighted by atomic mass is 79.9. The van der Waals surface area contributed by atoms with Crippen LogP contribution in [0.15, 0.2) is 56.3 Å². The van der Waals surface area contributed by atoms with E-state index in [0.29, 0.717) is 27.7 Å². The van der Waals surface area contributed by atoms with E-state index >= 15 is 0 Å². The molecule has 1 fully saturated rings. The minimum Gasteiger partial charge on any atom is -0.497 e. The molecule has 1 saturated heterocycles. The number of carbonyl (C=O) groups is 1. The maximum absolute atomic E-state index is 12.8. The second-order valence-corrected chi connectivity index (χ2v) is 10.7. The molecule has 1 heterocycles. The van der Waals surface area contributed by atoms with Crippen molar-refractivity contribution in [3.63, 3.8) is 0 Å². The third-order valence-corrected chi connectivity index (χ3v) is 7.98. The molecule has 0 saturated carbocycles. The average Bonchev–Trinajstić information content (AvgIpc) is 3.15. The molecule has 1 amide bonds. The highest BCUT2D eigenvalue weighted by Crippen LogP contribution is 2.26. The predicted octanol–water partition coefficient (Wildman–Crippen LogP) is 3.41. The lowest BCUT2D eigenvalue weighted by atomic mass is 10.1. The Hall–Kier alpha value is -1.66. The van der Waals surface area contributed by atoms with E-state index in [1.807, 2.05) is 12.1 Å². The largest absolute Gasteiger partial charge is 0.497 e. The summed E-state index contributed by atoms with van der Waals surface area (Å²) in [5, 5.41) is 12.8. The van der Waals surface area contributed by atoms with E-state index in [2.05, 4.69) is 41.9 Å². The number of amides is 1. The molecule has 0 aliphatic carbocycles. The van der Waals surface area contributed by atoms with Crippen LogP contribution in [-0.4, -0.2) is 56.8 Å². The Kier molecular flexibility index (Phi) is 7.98. The van der Waals surface area contributed by atoms with Gasteiger partial charge in [-0.25, -0.2) is 17.9 Å². The highest BCUT2D eigenvalue weighted by molar-refractivity contribution is 9.11. The lowest BCUT2D eigenvalue weighted by Gasteiger charge is -2.23. The lowest BCUT2D eigenvalue weighted by molar-refractivity contribution is 0.137.